The van der Waals surface area contributed by atoms with Gasteiger partial charge in [-0.3, -0.25) is 0 Å². The molecule has 1 aromatic carbocycles. The predicted octanol–water partition coefficient (Wildman–Crippen LogP) is 3.12. The van der Waals surface area contributed by atoms with E-state index in [-0.39, 0.29) is 18.1 Å². The van der Waals surface area contributed by atoms with Crippen LogP contribution in [0.25, 0.3) is 11.5 Å². The third kappa shape index (κ3) is 3.46. The summed E-state index contributed by atoms with van der Waals surface area (Å²) in [5, 5.41) is 3.52. The topological polar surface area (TPSA) is 64.9 Å². The van der Waals surface area contributed by atoms with Crippen LogP contribution in [0.3, 0.4) is 0 Å². The molecular formula is C12H12F3N3O. The number of nitrogens with two attached hydrogens (primary N) is 1. The van der Waals surface area contributed by atoms with Gasteiger partial charge in [-0.2, -0.15) is 18.2 Å². The Kier molecular flexibility index (Phi) is 3.46. The molecule has 2 rings (SSSR count). The van der Waals surface area contributed by atoms with E-state index in [0.29, 0.717) is 11.3 Å². The molecule has 0 aliphatic carbocycles. The summed E-state index contributed by atoms with van der Waals surface area (Å²) in [7, 11) is 0. The summed E-state index contributed by atoms with van der Waals surface area (Å²) in [4.78, 5) is 3.93. The summed E-state index contributed by atoms with van der Waals surface area (Å²) in [5.74, 6) is 0.159. The molecule has 0 radical (unpaired) electrons. The van der Waals surface area contributed by atoms with Crippen molar-refractivity contribution in [3.05, 3.63) is 29.6 Å². The van der Waals surface area contributed by atoms with Crippen LogP contribution in [0.4, 0.5) is 18.9 Å². The Morgan fingerprint density at radius 3 is 2.74 bits per heavy atom. The van der Waals surface area contributed by atoms with Gasteiger partial charge in [-0.05, 0) is 19.1 Å². The number of rotatable bonds is 3. The number of benzene rings is 1. The normalized spacial score (nSPS) is 11.8. The van der Waals surface area contributed by atoms with E-state index in [9.17, 15) is 13.2 Å². The van der Waals surface area contributed by atoms with E-state index in [1.165, 1.54) is 0 Å². The number of halogens is 3. The minimum Gasteiger partial charge on any atom is -0.398 e. The molecule has 0 unspecified atom stereocenters. The van der Waals surface area contributed by atoms with Crippen LogP contribution in [0.5, 0.6) is 0 Å². The molecule has 2 aromatic rings. The zero-order valence-electron chi connectivity index (χ0n) is 10.2. The number of alkyl halides is 3. The Bertz CT molecular complexity index is 578. The molecule has 2 N–H and O–H groups in total. The number of aromatic nitrogens is 2. The van der Waals surface area contributed by atoms with E-state index in [0.717, 1.165) is 5.56 Å². The lowest BCUT2D eigenvalue weighted by Gasteiger charge is -2.02. The van der Waals surface area contributed by atoms with Crippen LogP contribution in [0.2, 0.25) is 0 Å². The molecule has 0 aliphatic heterocycles. The number of hydrogen-bond donors (Lipinski definition) is 1. The SMILES string of the molecule is Cc1ccc(N)c(-c2nc(CCC(F)(F)F)no2)c1. The maximum atomic E-state index is 12.1. The summed E-state index contributed by atoms with van der Waals surface area (Å²) in [6.07, 6.45) is -5.52. The molecule has 19 heavy (non-hydrogen) atoms. The van der Waals surface area contributed by atoms with Crippen molar-refractivity contribution in [3.8, 4) is 11.5 Å². The first kappa shape index (κ1) is 13.4. The highest BCUT2D eigenvalue weighted by atomic mass is 19.4. The first-order chi connectivity index (χ1) is 8.85. The number of nitrogen functional groups attached to an aromatic ring is 1. The minimum atomic E-state index is -4.23. The highest BCUT2D eigenvalue weighted by molar-refractivity contribution is 5.70. The Morgan fingerprint density at radius 2 is 2.05 bits per heavy atom. The monoisotopic (exact) mass is 271 g/mol. The number of anilines is 1. The van der Waals surface area contributed by atoms with E-state index in [1.54, 1.807) is 12.1 Å². The molecule has 1 heterocycles. The fourth-order valence-corrected chi connectivity index (χ4v) is 1.57. The Labute approximate surface area is 107 Å². The molecule has 0 saturated heterocycles. The third-order valence-electron chi connectivity index (χ3n) is 2.54. The molecule has 7 heteroatoms. The average Bonchev–Trinajstić information content (AvgIpc) is 2.77. The van der Waals surface area contributed by atoms with E-state index in [2.05, 4.69) is 10.1 Å². The van der Waals surface area contributed by atoms with Gasteiger partial charge in [-0.25, -0.2) is 0 Å². The molecule has 0 atom stereocenters. The van der Waals surface area contributed by atoms with Crippen molar-refractivity contribution < 1.29 is 17.7 Å². The lowest BCUT2D eigenvalue weighted by atomic mass is 10.1. The molecule has 0 saturated carbocycles. The van der Waals surface area contributed by atoms with Gasteiger partial charge in [0, 0.05) is 12.1 Å². The van der Waals surface area contributed by atoms with E-state index in [1.807, 2.05) is 13.0 Å². The fraction of sp³-hybridized carbons (Fsp3) is 0.333. The molecular weight excluding hydrogens is 259 g/mol. The second kappa shape index (κ2) is 4.91. The Balaban J connectivity index is 2.19. The van der Waals surface area contributed by atoms with Gasteiger partial charge < -0.3 is 10.3 Å². The summed E-state index contributed by atoms with van der Waals surface area (Å²) in [5.41, 5.74) is 7.68. The minimum absolute atomic E-state index is 0.0215. The molecule has 0 amide bonds. The van der Waals surface area contributed by atoms with Crippen LogP contribution in [-0.4, -0.2) is 16.3 Å². The number of aryl methyl sites for hydroxylation is 2. The summed E-state index contributed by atoms with van der Waals surface area (Å²) in [6, 6.07) is 5.25. The first-order valence-electron chi connectivity index (χ1n) is 5.61. The first-order valence-corrected chi connectivity index (χ1v) is 5.61. The van der Waals surface area contributed by atoms with Gasteiger partial charge in [0.05, 0.1) is 12.0 Å². The van der Waals surface area contributed by atoms with Crippen molar-refractivity contribution in [1.29, 1.82) is 0 Å². The molecule has 4 nitrogen and oxygen atoms in total. The molecule has 0 spiro atoms. The van der Waals surface area contributed by atoms with Crippen molar-refractivity contribution in [2.24, 2.45) is 0 Å². The van der Waals surface area contributed by atoms with Crippen molar-refractivity contribution in [1.82, 2.24) is 10.1 Å². The van der Waals surface area contributed by atoms with Gasteiger partial charge >= 0.3 is 6.18 Å². The number of hydrogen-bond acceptors (Lipinski definition) is 4. The lowest BCUT2D eigenvalue weighted by Crippen LogP contribution is -2.09. The summed E-state index contributed by atoms with van der Waals surface area (Å²) < 4.78 is 41.2. The van der Waals surface area contributed by atoms with Crippen molar-refractivity contribution in [2.45, 2.75) is 25.9 Å². The van der Waals surface area contributed by atoms with E-state index >= 15 is 0 Å². The van der Waals surface area contributed by atoms with Gasteiger partial charge in [0.25, 0.3) is 5.89 Å². The maximum Gasteiger partial charge on any atom is 0.389 e. The van der Waals surface area contributed by atoms with E-state index < -0.39 is 12.6 Å². The lowest BCUT2D eigenvalue weighted by molar-refractivity contribution is -0.134. The van der Waals surface area contributed by atoms with Crippen LogP contribution >= 0.6 is 0 Å². The van der Waals surface area contributed by atoms with Crippen molar-refractivity contribution in [2.75, 3.05) is 5.73 Å². The molecule has 1 aromatic heterocycles. The second-order valence-electron chi connectivity index (χ2n) is 4.22. The van der Waals surface area contributed by atoms with Gasteiger partial charge in [0.1, 0.15) is 0 Å². The van der Waals surface area contributed by atoms with Crippen molar-refractivity contribution >= 4 is 5.69 Å². The van der Waals surface area contributed by atoms with Crippen LogP contribution < -0.4 is 5.73 Å². The summed E-state index contributed by atoms with van der Waals surface area (Å²) >= 11 is 0. The maximum absolute atomic E-state index is 12.1. The second-order valence-corrected chi connectivity index (χ2v) is 4.22. The Morgan fingerprint density at radius 1 is 1.32 bits per heavy atom. The zero-order valence-corrected chi connectivity index (χ0v) is 10.2. The molecule has 0 aliphatic rings. The van der Waals surface area contributed by atoms with Gasteiger partial charge in [0.15, 0.2) is 5.82 Å². The van der Waals surface area contributed by atoms with E-state index in [4.69, 9.17) is 10.3 Å². The quantitative estimate of drug-likeness (QED) is 0.871. The van der Waals surface area contributed by atoms with Crippen LogP contribution in [0.1, 0.15) is 17.8 Å². The average molecular weight is 271 g/mol. The fourth-order valence-electron chi connectivity index (χ4n) is 1.57. The van der Waals surface area contributed by atoms with Crippen molar-refractivity contribution in [3.63, 3.8) is 0 Å². The van der Waals surface area contributed by atoms with Crippen LogP contribution in [-0.2, 0) is 6.42 Å². The standard InChI is InChI=1S/C12H12F3N3O/c1-7-2-3-9(16)8(6-7)11-17-10(18-19-11)4-5-12(13,14)15/h2-3,6H,4-5,16H2,1H3. The molecule has 0 bridgehead atoms. The van der Waals surface area contributed by atoms with Gasteiger partial charge in [-0.1, -0.05) is 16.8 Å². The van der Waals surface area contributed by atoms with Gasteiger partial charge in [-0.15, -0.1) is 0 Å². The largest absolute Gasteiger partial charge is 0.398 e. The van der Waals surface area contributed by atoms with Crippen LogP contribution in [0, 0.1) is 6.92 Å². The van der Waals surface area contributed by atoms with Crippen LogP contribution in [0.15, 0.2) is 22.7 Å². The highest BCUT2D eigenvalue weighted by Gasteiger charge is 2.27. The molecule has 0 fully saturated rings. The summed E-state index contributed by atoms with van der Waals surface area (Å²) in [6.45, 7) is 1.86. The highest BCUT2D eigenvalue weighted by Crippen LogP contribution is 2.26. The predicted molar refractivity (Wildman–Crippen MR) is 63.3 cm³/mol. The smallest absolute Gasteiger partial charge is 0.389 e. The number of nitrogens with zero attached hydrogens (tertiary/aromatic N) is 2. The zero-order chi connectivity index (χ0) is 14.0. The van der Waals surface area contributed by atoms with Gasteiger partial charge in [0.2, 0.25) is 0 Å². The molecule has 102 valence electrons. The Hall–Kier alpha value is -2.05. The third-order valence-corrected chi connectivity index (χ3v) is 2.54.